The molecule has 0 fully saturated rings. The topological polar surface area (TPSA) is 12.0 Å². The first-order valence-corrected chi connectivity index (χ1v) is 9.27. The van der Waals surface area contributed by atoms with Crippen molar-refractivity contribution in [2.24, 2.45) is 0 Å². The van der Waals surface area contributed by atoms with Crippen LogP contribution in [0.5, 0.6) is 0 Å². The van der Waals surface area contributed by atoms with Crippen LogP contribution in [0.2, 0.25) is 0 Å². The van der Waals surface area contributed by atoms with E-state index in [9.17, 15) is 0 Å². The summed E-state index contributed by atoms with van der Waals surface area (Å²) in [6.07, 6.45) is 1.11. The first kappa shape index (κ1) is 16.8. The molecule has 0 saturated heterocycles. The highest BCUT2D eigenvalue weighted by atomic mass is 32.2. The molecule has 3 aromatic carbocycles. The van der Waals surface area contributed by atoms with Gasteiger partial charge in [-0.3, -0.25) is 4.72 Å². The van der Waals surface area contributed by atoms with Crippen LogP contribution in [0.3, 0.4) is 0 Å². The molecule has 0 aliphatic heterocycles. The molecule has 3 rings (SSSR count). The Balaban J connectivity index is 2.20. The summed E-state index contributed by atoms with van der Waals surface area (Å²) in [6, 6.07) is 32.3. The molecule has 0 atom stereocenters. The van der Waals surface area contributed by atoms with Gasteiger partial charge in [-0.2, -0.15) is 0 Å². The number of benzene rings is 3. The molecule has 0 bridgehead atoms. The Kier molecular flexibility index (Phi) is 5.73. The van der Waals surface area contributed by atoms with Gasteiger partial charge in [0.05, 0.1) is 0 Å². The lowest BCUT2D eigenvalue weighted by molar-refractivity contribution is 0.838. The van der Waals surface area contributed by atoms with Gasteiger partial charge in [0.2, 0.25) is 0 Å². The van der Waals surface area contributed by atoms with Crippen molar-refractivity contribution in [1.29, 1.82) is 0 Å². The van der Waals surface area contributed by atoms with Crippen molar-refractivity contribution < 1.29 is 0 Å². The van der Waals surface area contributed by atoms with E-state index >= 15 is 0 Å². The van der Waals surface area contributed by atoms with Crippen molar-refractivity contribution in [3.8, 4) is 0 Å². The van der Waals surface area contributed by atoms with E-state index in [1.54, 1.807) is 11.9 Å². The summed E-state index contributed by atoms with van der Waals surface area (Å²) >= 11 is 1.80. The molecule has 0 saturated carbocycles. The molecule has 0 aromatic heterocycles. The molecule has 0 aliphatic rings. The Hall–Kier alpha value is -2.03. The second-order valence-electron chi connectivity index (χ2n) is 5.78. The van der Waals surface area contributed by atoms with Crippen molar-refractivity contribution in [3.63, 3.8) is 0 Å². The van der Waals surface area contributed by atoms with Crippen LogP contribution in [0.15, 0.2) is 91.0 Å². The summed E-state index contributed by atoms with van der Waals surface area (Å²) in [6.45, 7) is 3.18. The summed E-state index contributed by atoms with van der Waals surface area (Å²) in [5, 5.41) is 0. The first-order chi connectivity index (χ1) is 11.9. The van der Waals surface area contributed by atoms with Crippen molar-refractivity contribution in [1.82, 2.24) is 4.72 Å². The lowest BCUT2D eigenvalue weighted by Gasteiger charge is -2.35. The maximum atomic E-state index is 3.59. The fraction of sp³-hybridized carbons (Fsp3) is 0.182. The van der Waals surface area contributed by atoms with E-state index < -0.39 is 0 Å². The first-order valence-electron chi connectivity index (χ1n) is 8.45. The predicted octanol–water partition coefficient (Wildman–Crippen LogP) is 5.63. The second-order valence-corrected chi connectivity index (χ2v) is 6.88. The van der Waals surface area contributed by atoms with Gasteiger partial charge < -0.3 is 0 Å². The van der Waals surface area contributed by atoms with E-state index in [1.165, 1.54) is 16.7 Å². The molecule has 122 valence electrons. The molecule has 1 nitrogen and oxygen atoms in total. The van der Waals surface area contributed by atoms with E-state index in [0.29, 0.717) is 0 Å². The van der Waals surface area contributed by atoms with Gasteiger partial charge in [0.25, 0.3) is 0 Å². The third-order valence-corrected chi connectivity index (χ3v) is 5.48. The van der Waals surface area contributed by atoms with Gasteiger partial charge >= 0.3 is 0 Å². The molecule has 0 unspecified atom stereocenters. The largest absolute Gasteiger partial charge is 0.263 e. The Morgan fingerprint density at radius 1 is 0.667 bits per heavy atom. The van der Waals surface area contributed by atoms with Crippen LogP contribution in [0.4, 0.5) is 0 Å². The predicted molar refractivity (Wildman–Crippen MR) is 105 cm³/mol. The lowest BCUT2D eigenvalue weighted by atomic mass is 9.84. The summed E-state index contributed by atoms with van der Waals surface area (Å²) in [4.78, 5) is 0. The highest BCUT2D eigenvalue weighted by Crippen LogP contribution is 2.46. The van der Waals surface area contributed by atoms with E-state index in [1.807, 2.05) is 0 Å². The Bertz CT molecular complexity index is 629. The van der Waals surface area contributed by atoms with E-state index in [0.717, 1.165) is 13.0 Å². The maximum absolute atomic E-state index is 3.59. The van der Waals surface area contributed by atoms with Crippen molar-refractivity contribution in [2.45, 2.75) is 18.1 Å². The van der Waals surface area contributed by atoms with Crippen LogP contribution >= 0.6 is 11.9 Å². The molecule has 2 heteroatoms. The Morgan fingerprint density at radius 3 is 1.38 bits per heavy atom. The molecular formula is C22H23NS. The SMILES string of the molecule is CCCNSC(c1ccccc1)(c1ccccc1)c1ccccc1. The molecular weight excluding hydrogens is 310 g/mol. The minimum atomic E-state index is -0.265. The smallest absolute Gasteiger partial charge is 0.105 e. The molecule has 0 spiro atoms. The minimum absolute atomic E-state index is 0.265. The quantitative estimate of drug-likeness (QED) is 0.342. The summed E-state index contributed by atoms with van der Waals surface area (Å²) in [7, 11) is 0. The van der Waals surface area contributed by atoms with Gasteiger partial charge in [0.1, 0.15) is 4.75 Å². The van der Waals surface area contributed by atoms with E-state index in [4.69, 9.17) is 0 Å². The lowest BCUT2D eigenvalue weighted by Crippen LogP contribution is -2.29. The third kappa shape index (κ3) is 3.40. The zero-order chi connectivity index (χ0) is 16.7. The highest BCUT2D eigenvalue weighted by Gasteiger charge is 2.37. The van der Waals surface area contributed by atoms with Gasteiger partial charge in [0, 0.05) is 6.54 Å². The number of nitrogens with one attached hydrogen (secondary N) is 1. The van der Waals surface area contributed by atoms with Crippen molar-refractivity contribution in [3.05, 3.63) is 108 Å². The Labute approximate surface area is 149 Å². The van der Waals surface area contributed by atoms with Gasteiger partial charge in [-0.15, -0.1) is 0 Å². The monoisotopic (exact) mass is 333 g/mol. The van der Waals surface area contributed by atoms with E-state index in [-0.39, 0.29) is 4.75 Å². The highest BCUT2D eigenvalue weighted by molar-refractivity contribution is 7.98. The zero-order valence-electron chi connectivity index (χ0n) is 14.0. The van der Waals surface area contributed by atoms with Crippen molar-refractivity contribution >= 4 is 11.9 Å². The normalized spacial score (nSPS) is 11.4. The number of rotatable bonds is 7. The van der Waals surface area contributed by atoms with Crippen molar-refractivity contribution in [2.75, 3.05) is 6.54 Å². The fourth-order valence-corrected chi connectivity index (χ4v) is 4.24. The van der Waals surface area contributed by atoms with Crippen LogP contribution in [0, 0.1) is 0 Å². The standard InChI is InChI=1S/C22H23NS/c1-2-18-23-24-22(19-12-6-3-7-13-19,20-14-8-4-9-15-20)21-16-10-5-11-17-21/h3-17,23H,2,18H2,1H3. The third-order valence-electron chi connectivity index (χ3n) is 4.12. The van der Waals surface area contributed by atoms with Gasteiger partial charge in [-0.25, -0.2) is 0 Å². The summed E-state index contributed by atoms with van der Waals surface area (Å²) < 4.78 is 3.32. The second kappa shape index (κ2) is 8.18. The van der Waals surface area contributed by atoms with E-state index in [2.05, 4.69) is 103 Å². The molecule has 0 aliphatic carbocycles. The fourth-order valence-electron chi connectivity index (χ4n) is 2.96. The van der Waals surface area contributed by atoms with Crippen LogP contribution in [-0.2, 0) is 4.75 Å². The van der Waals surface area contributed by atoms with Crippen LogP contribution < -0.4 is 4.72 Å². The molecule has 0 heterocycles. The number of hydrogen-bond donors (Lipinski definition) is 1. The zero-order valence-corrected chi connectivity index (χ0v) is 14.8. The molecule has 0 radical (unpaired) electrons. The minimum Gasteiger partial charge on any atom is -0.263 e. The van der Waals surface area contributed by atoms with Crippen LogP contribution in [0.25, 0.3) is 0 Å². The summed E-state index contributed by atoms with van der Waals surface area (Å²) in [5.41, 5.74) is 3.86. The Morgan fingerprint density at radius 2 is 1.04 bits per heavy atom. The number of hydrogen-bond acceptors (Lipinski definition) is 2. The molecule has 1 N–H and O–H groups in total. The van der Waals surface area contributed by atoms with Gasteiger partial charge in [0.15, 0.2) is 0 Å². The molecule has 3 aromatic rings. The average Bonchev–Trinajstić information content (AvgIpc) is 2.68. The van der Waals surface area contributed by atoms with Gasteiger partial charge in [-0.1, -0.05) is 110 Å². The maximum Gasteiger partial charge on any atom is 0.105 e. The van der Waals surface area contributed by atoms with Crippen LogP contribution in [0.1, 0.15) is 30.0 Å². The van der Waals surface area contributed by atoms with Crippen LogP contribution in [-0.4, -0.2) is 6.54 Å². The van der Waals surface area contributed by atoms with Gasteiger partial charge in [-0.05, 0) is 23.1 Å². The molecule has 0 amide bonds. The molecule has 24 heavy (non-hydrogen) atoms. The average molecular weight is 334 g/mol. The summed E-state index contributed by atoms with van der Waals surface area (Å²) in [5.74, 6) is 0.